The number of nitrogens with zero attached hydrogens (tertiary/aromatic N) is 1. The second kappa shape index (κ2) is 4.71. The molecule has 0 heterocycles. The minimum Gasteiger partial charge on any atom is -0.350 e. The Morgan fingerprint density at radius 1 is 1.64 bits per heavy atom. The normalized spacial score (nSPS) is 10.4. The lowest BCUT2D eigenvalue weighted by Gasteiger charge is -1.96. The van der Waals surface area contributed by atoms with Crippen molar-refractivity contribution in [3.8, 4) is 0 Å². The molecule has 0 aliphatic rings. The maximum absolute atomic E-state index is 13.1. The van der Waals surface area contributed by atoms with Crippen LogP contribution >= 0.6 is 15.9 Å². The summed E-state index contributed by atoms with van der Waals surface area (Å²) in [6.45, 7) is 0. The van der Waals surface area contributed by atoms with Crippen LogP contribution < -0.4 is 11.2 Å². The van der Waals surface area contributed by atoms with Gasteiger partial charge in [-0.3, -0.25) is 0 Å². The first-order chi connectivity index (χ1) is 6.59. The maximum Gasteiger partial charge on any atom is 0.332 e. The van der Waals surface area contributed by atoms with Crippen molar-refractivity contribution >= 4 is 28.2 Å². The SMILES string of the molecule is NC(=O)NN=Cc1ccc(Br)cc1F. The Morgan fingerprint density at radius 2 is 2.36 bits per heavy atom. The fourth-order valence-electron chi connectivity index (χ4n) is 0.772. The number of rotatable bonds is 2. The summed E-state index contributed by atoms with van der Waals surface area (Å²) >= 11 is 3.11. The van der Waals surface area contributed by atoms with Crippen LogP contribution in [-0.2, 0) is 0 Å². The van der Waals surface area contributed by atoms with Crippen LogP contribution in [0.1, 0.15) is 5.56 Å². The molecule has 0 aromatic heterocycles. The van der Waals surface area contributed by atoms with Gasteiger partial charge in [-0.2, -0.15) is 5.10 Å². The highest BCUT2D eigenvalue weighted by atomic mass is 79.9. The van der Waals surface area contributed by atoms with E-state index in [0.29, 0.717) is 4.47 Å². The van der Waals surface area contributed by atoms with Crippen molar-refractivity contribution in [2.24, 2.45) is 10.8 Å². The smallest absolute Gasteiger partial charge is 0.332 e. The summed E-state index contributed by atoms with van der Waals surface area (Å²) in [4.78, 5) is 10.2. The molecule has 6 heteroatoms. The van der Waals surface area contributed by atoms with Crippen molar-refractivity contribution in [3.63, 3.8) is 0 Å². The molecule has 0 aliphatic carbocycles. The zero-order valence-electron chi connectivity index (χ0n) is 7.00. The van der Waals surface area contributed by atoms with Crippen LogP contribution in [0.15, 0.2) is 27.8 Å². The molecular weight excluding hydrogens is 253 g/mol. The summed E-state index contributed by atoms with van der Waals surface area (Å²) in [5.74, 6) is -0.436. The van der Waals surface area contributed by atoms with E-state index in [2.05, 4.69) is 21.0 Å². The molecule has 0 saturated heterocycles. The number of nitrogens with two attached hydrogens (primary N) is 1. The molecule has 0 atom stereocenters. The van der Waals surface area contributed by atoms with E-state index in [9.17, 15) is 9.18 Å². The average molecular weight is 260 g/mol. The van der Waals surface area contributed by atoms with E-state index in [0.717, 1.165) is 0 Å². The second-order valence-corrected chi connectivity index (χ2v) is 3.32. The number of carbonyl (C=O) groups excluding carboxylic acids is 1. The Labute approximate surface area is 88.1 Å². The van der Waals surface area contributed by atoms with E-state index < -0.39 is 11.8 Å². The van der Waals surface area contributed by atoms with E-state index in [4.69, 9.17) is 5.73 Å². The number of hydrogen-bond acceptors (Lipinski definition) is 2. The Kier molecular flexibility index (Phi) is 3.58. The highest BCUT2D eigenvalue weighted by Crippen LogP contribution is 2.13. The first kappa shape index (κ1) is 10.6. The third-order valence-corrected chi connectivity index (χ3v) is 1.83. The van der Waals surface area contributed by atoms with E-state index in [1.54, 1.807) is 6.07 Å². The molecule has 1 aromatic carbocycles. The molecule has 3 N–H and O–H groups in total. The molecule has 4 nitrogen and oxygen atoms in total. The summed E-state index contributed by atoms with van der Waals surface area (Å²) in [6.07, 6.45) is 1.17. The molecule has 0 bridgehead atoms. The Bertz CT molecular complexity index is 381. The van der Waals surface area contributed by atoms with E-state index in [-0.39, 0.29) is 5.56 Å². The van der Waals surface area contributed by atoms with Gasteiger partial charge in [-0.25, -0.2) is 14.6 Å². The van der Waals surface area contributed by atoms with Crippen LogP contribution in [0.3, 0.4) is 0 Å². The fourth-order valence-corrected chi connectivity index (χ4v) is 1.10. The van der Waals surface area contributed by atoms with Crippen molar-refractivity contribution < 1.29 is 9.18 Å². The van der Waals surface area contributed by atoms with Crippen LogP contribution in [0.4, 0.5) is 9.18 Å². The van der Waals surface area contributed by atoms with Gasteiger partial charge in [0.1, 0.15) is 5.82 Å². The van der Waals surface area contributed by atoms with Gasteiger partial charge in [0, 0.05) is 10.0 Å². The lowest BCUT2D eigenvalue weighted by Crippen LogP contribution is -2.24. The fraction of sp³-hybridized carbons (Fsp3) is 0. The average Bonchev–Trinajstić information content (AvgIpc) is 2.08. The molecule has 0 unspecified atom stereocenters. The number of hydrazone groups is 1. The van der Waals surface area contributed by atoms with Gasteiger partial charge < -0.3 is 5.73 Å². The first-order valence-corrected chi connectivity index (χ1v) is 4.42. The summed E-state index contributed by atoms with van der Waals surface area (Å²) < 4.78 is 13.7. The predicted octanol–water partition coefficient (Wildman–Crippen LogP) is 1.59. The number of nitrogens with one attached hydrogen (secondary N) is 1. The lowest BCUT2D eigenvalue weighted by atomic mass is 10.2. The molecule has 14 heavy (non-hydrogen) atoms. The van der Waals surface area contributed by atoms with Crippen LogP contribution in [0.5, 0.6) is 0 Å². The standard InChI is InChI=1S/C8H7BrFN3O/c9-6-2-1-5(7(10)3-6)4-12-13-8(11)14/h1-4H,(H3,11,13,14). The summed E-state index contributed by atoms with van der Waals surface area (Å²) in [5.41, 5.74) is 6.99. The molecule has 1 aromatic rings. The monoisotopic (exact) mass is 259 g/mol. The molecule has 0 spiro atoms. The third kappa shape index (κ3) is 3.14. The maximum atomic E-state index is 13.1. The summed E-state index contributed by atoms with van der Waals surface area (Å²) in [6, 6.07) is 3.69. The molecule has 0 radical (unpaired) electrons. The summed E-state index contributed by atoms with van der Waals surface area (Å²) in [7, 11) is 0. The van der Waals surface area contributed by atoms with Crippen LogP contribution in [0.25, 0.3) is 0 Å². The number of halogens is 2. The van der Waals surface area contributed by atoms with Gasteiger partial charge in [-0.05, 0) is 18.2 Å². The van der Waals surface area contributed by atoms with E-state index in [1.165, 1.54) is 18.3 Å². The van der Waals surface area contributed by atoms with Gasteiger partial charge in [0.25, 0.3) is 0 Å². The molecule has 74 valence electrons. The number of primary amides is 1. The van der Waals surface area contributed by atoms with Crippen molar-refractivity contribution in [2.45, 2.75) is 0 Å². The van der Waals surface area contributed by atoms with Crippen LogP contribution in [-0.4, -0.2) is 12.2 Å². The minimum atomic E-state index is -0.793. The Hall–Kier alpha value is -1.43. The van der Waals surface area contributed by atoms with Crippen molar-refractivity contribution in [3.05, 3.63) is 34.1 Å². The van der Waals surface area contributed by atoms with Gasteiger partial charge in [0.15, 0.2) is 0 Å². The number of urea groups is 1. The number of amides is 2. The molecule has 2 amide bonds. The lowest BCUT2D eigenvalue weighted by molar-refractivity contribution is 0.249. The number of benzene rings is 1. The molecule has 0 aliphatic heterocycles. The molecule has 1 rings (SSSR count). The van der Waals surface area contributed by atoms with Gasteiger partial charge in [0.05, 0.1) is 6.21 Å². The van der Waals surface area contributed by atoms with E-state index >= 15 is 0 Å². The highest BCUT2D eigenvalue weighted by molar-refractivity contribution is 9.10. The third-order valence-electron chi connectivity index (χ3n) is 1.34. The highest BCUT2D eigenvalue weighted by Gasteiger charge is 1.99. The largest absolute Gasteiger partial charge is 0.350 e. The van der Waals surface area contributed by atoms with Crippen molar-refractivity contribution in [1.29, 1.82) is 0 Å². The quantitative estimate of drug-likeness (QED) is 0.615. The minimum absolute atomic E-state index is 0.266. The van der Waals surface area contributed by atoms with Crippen LogP contribution in [0.2, 0.25) is 0 Å². The van der Waals surface area contributed by atoms with Crippen molar-refractivity contribution in [1.82, 2.24) is 5.43 Å². The summed E-state index contributed by atoms with van der Waals surface area (Å²) in [5, 5.41) is 3.43. The zero-order valence-corrected chi connectivity index (χ0v) is 8.58. The Morgan fingerprint density at radius 3 is 2.93 bits per heavy atom. The van der Waals surface area contributed by atoms with E-state index in [1.807, 2.05) is 5.43 Å². The molecule has 0 saturated carbocycles. The molecule has 0 fully saturated rings. The second-order valence-electron chi connectivity index (χ2n) is 2.40. The number of carbonyl (C=O) groups is 1. The van der Waals surface area contributed by atoms with Gasteiger partial charge in [-0.1, -0.05) is 15.9 Å². The van der Waals surface area contributed by atoms with Gasteiger partial charge in [0.2, 0.25) is 0 Å². The van der Waals surface area contributed by atoms with Gasteiger partial charge >= 0.3 is 6.03 Å². The zero-order chi connectivity index (χ0) is 10.6. The molecular formula is C8H7BrFN3O. The van der Waals surface area contributed by atoms with Crippen LogP contribution in [0, 0.1) is 5.82 Å². The predicted molar refractivity (Wildman–Crippen MR) is 54.4 cm³/mol. The Balaban J connectivity index is 2.76. The topological polar surface area (TPSA) is 67.5 Å². The first-order valence-electron chi connectivity index (χ1n) is 3.63. The van der Waals surface area contributed by atoms with Crippen molar-refractivity contribution in [2.75, 3.05) is 0 Å². The number of hydrogen-bond donors (Lipinski definition) is 2. The van der Waals surface area contributed by atoms with Gasteiger partial charge in [-0.15, -0.1) is 0 Å².